The van der Waals surface area contributed by atoms with Crippen LogP contribution >= 0.6 is 0 Å². The number of phenolic OH excluding ortho intramolecular Hbond substituents is 1. The summed E-state index contributed by atoms with van der Waals surface area (Å²) in [5.74, 6) is 0.982. The number of hydrogen-bond donors (Lipinski definition) is 3. The van der Waals surface area contributed by atoms with Gasteiger partial charge in [0.15, 0.2) is 5.78 Å². The number of carbonyl (C=O) groups excluding carboxylic acids is 1. The number of ether oxygens (including phenoxy) is 2. The largest absolute Gasteiger partial charge is 0.508 e. The third kappa shape index (κ3) is 3.20. The van der Waals surface area contributed by atoms with E-state index in [0.717, 1.165) is 11.3 Å². The highest BCUT2D eigenvalue weighted by Crippen LogP contribution is 2.46. The lowest BCUT2D eigenvalue weighted by molar-refractivity contribution is -0.118. The van der Waals surface area contributed by atoms with Crippen molar-refractivity contribution in [3.05, 3.63) is 89.1 Å². The van der Waals surface area contributed by atoms with Crippen molar-refractivity contribution in [1.29, 1.82) is 5.41 Å². The Hall–Kier alpha value is -4.26. The molecule has 0 amide bonds. The van der Waals surface area contributed by atoms with E-state index in [0.29, 0.717) is 40.4 Å². The molecule has 2 aliphatic heterocycles. The van der Waals surface area contributed by atoms with Gasteiger partial charge in [-0.05, 0) is 36.2 Å². The Labute approximate surface area is 197 Å². The molecule has 34 heavy (non-hydrogen) atoms. The molecular formula is C27H25N3O4. The number of hydrogen-bond acceptors (Lipinski definition) is 6. The Kier molecular flexibility index (Phi) is 5.05. The van der Waals surface area contributed by atoms with E-state index >= 15 is 0 Å². The fraction of sp³-hybridized carbons (Fsp3) is 0.185. The van der Waals surface area contributed by atoms with Gasteiger partial charge in [-0.15, -0.1) is 0 Å². The van der Waals surface area contributed by atoms with E-state index in [1.165, 1.54) is 0 Å². The van der Waals surface area contributed by atoms with E-state index in [1.54, 1.807) is 68.5 Å². The predicted molar refractivity (Wildman–Crippen MR) is 131 cm³/mol. The third-order valence-corrected chi connectivity index (χ3v) is 6.55. The minimum atomic E-state index is -1.27. The molecule has 172 valence electrons. The molecule has 1 saturated heterocycles. The number of para-hydroxylation sites is 1. The van der Waals surface area contributed by atoms with Crippen LogP contribution in [0, 0.1) is 5.41 Å². The number of Topliss-reactive ketones (excluding diaryl/α,β-unsaturated/α-hetero) is 1. The lowest BCUT2D eigenvalue weighted by Gasteiger charge is -2.35. The van der Waals surface area contributed by atoms with Gasteiger partial charge in [-0.25, -0.2) is 0 Å². The van der Waals surface area contributed by atoms with Crippen molar-refractivity contribution in [1.82, 2.24) is 0 Å². The van der Waals surface area contributed by atoms with Crippen molar-refractivity contribution in [2.45, 2.75) is 18.9 Å². The van der Waals surface area contributed by atoms with Gasteiger partial charge in [0.25, 0.3) is 0 Å². The molecule has 5 rings (SSSR count). The summed E-state index contributed by atoms with van der Waals surface area (Å²) < 4.78 is 10.9. The van der Waals surface area contributed by atoms with Crippen LogP contribution in [-0.2, 0) is 16.8 Å². The number of nitrogens with zero attached hydrogens (tertiary/aromatic N) is 1. The van der Waals surface area contributed by atoms with Gasteiger partial charge in [-0.2, -0.15) is 0 Å². The van der Waals surface area contributed by atoms with Gasteiger partial charge in [0.05, 0.1) is 25.5 Å². The van der Waals surface area contributed by atoms with Gasteiger partial charge >= 0.3 is 0 Å². The Morgan fingerprint density at radius 3 is 2.35 bits per heavy atom. The molecule has 2 heterocycles. The van der Waals surface area contributed by atoms with Crippen LogP contribution in [-0.4, -0.2) is 30.9 Å². The van der Waals surface area contributed by atoms with Crippen molar-refractivity contribution in [3.8, 4) is 17.2 Å². The summed E-state index contributed by atoms with van der Waals surface area (Å²) in [7, 11) is 3.11. The first kappa shape index (κ1) is 21.6. The van der Waals surface area contributed by atoms with Crippen molar-refractivity contribution in [2.75, 3.05) is 24.4 Å². The summed E-state index contributed by atoms with van der Waals surface area (Å²) in [4.78, 5) is 15.8. The number of methoxy groups -OCH3 is 2. The van der Waals surface area contributed by atoms with Gasteiger partial charge in [0.2, 0.25) is 0 Å². The van der Waals surface area contributed by atoms with E-state index < -0.39 is 5.54 Å². The first-order chi connectivity index (χ1) is 16.4. The fourth-order valence-electron chi connectivity index (χ4n) is 4.79. The maximum Gasteiger partial charge on any atom is 0.198 e. The molecule has 1 fully saturated rings. The van der Waals surface area contributed by atoms with Crippen molar-refractivity contribution in [2.24, 2.45) is 0 Å². The maximum atomic E-state index is 14.2. The summed E-state index contributed by atoms with van der Waals surface area (Å²) in [5, 5.41) is 22.7. The Morgan fingerprint density at radius 2 is 1.71 bits per heavy atom. The molecule has 0 spiro atoms. The molecular weight excluding hydrogens is 430 g/mol. The Bertz CT molecular complexity index is 1310. The molecule has 1 unspecified atom stereocenters. The molecule has 0 aromatic heterocycles. The third-order valence-electron chi connectivity index (χ3n) is 6.55. The summed E-state index contributed by atoms with van der Waals surface area (Å²) in [6, 6.07) is 19.8. The highest BCUT2D eigenvalue weighted by Gasteiger charge is 2.54. The van der Waals surface area contributed by atoms with Crippen LogP contribution in [0.5, 0.6) is 17.2 Å². The first-order valence-corrected chi connectivity index (χ1v) is 10.9. The molecule has 0 radical (unpaired) electrons. The van der Waals surface area contributed by atoms with Crippen molar-refractivity contribution >= 4 is 23.0 Å². The number of allylic oxidation sites excluding steroid dienone is 1. The zero-order valence-electron chi connectivity index (χ0n) is 19.2. The number of phenols is 1. The summed E-state index contributed by atoms with van der Waals surface area (Å²) in [6.45, 7) is 1.78. The minimum absolute atomic E-state index is 0.0497. The summed E-state index contributed by atoms with van der Waals surface area (Å²) in [6.07, 6.45) is 0.533. The number of ketones is 1. The van der Waals surface area contributed by atoms with Crippen LogP contribution in [0.25, 0.3) is 0 Å². The van der Waals surface area contributed by atoms with Gasteiger partial charge in [-0.1, -0.05) is 30.3 Å². The zero-order valence-corrected chi connectivity index (χ0v) is 19.2. The van der Waals surface area contributed by atoms with Crippen molar-refractivity contribution in [3.63, 3.8) is 0 Å². The van der Waals surface area contributed by atoms with Crippen LogP contribution < -0.4 is 19.7 Å². The predicted octanol–water partition coefficient (Wildman–Crippen LogP) is 4.61. The average Bonchev–Trinajstić information content (AvgIpc) is 3.35. The fourth-order valence-corrected chi connectivity index (χ4v) is 4.79. The first-order valence-electron chi connectivity index (χ1n) is 10.9. The van der Waals surface area contributed by atoms with E-state index in [9.17, 15) is 15.3 Å². The molecule has 2 aliphatic rings. The number of amidine groups is 1. The molecule has 0 saturated carbocycles. The molecule has 3 aromatic rings. The average molecular weight is 456 g/mol. The number of fused-ring (bicyclic) bond motifs is 1. The smallest absolute Gasteiger partial charge is 0.198 e. The monoisotopic (exact) mass is 455 g/mol. The molecule has 0 bridgehead atoms. The van der Waals surface area contributed by atoms with Crippen LogP contribution in [0.3, 0.4) is 0 Å². The molecule has 7 heteroatoms. The Balaban J connectivity index is 1.73. The number of nitrogens with one attached hydrogen (secondary N) is 2. The van der Waals surface area contributed by atoms with E-state index in [4.69, 9.17) is 9.47 Å². The standard InChI is InChI=1S/C27H25N3O4/c1-27(17-8-6-9-19(31)12-17)25(32)24(23-11-16-7-4-5-10-22(16)29-23)26(28)30(27)18-13-20(33-2)15-21(14-18)34-3/h4-10,12-15,28-29,31H,11H2,1-3H3. The van der Waals surface area contributed by atoms with E-state index in [2.05, 4.69) is 5.32 Å². The van der Waals surface area contributed by atoms with Crippen LogP contribution in [0.1, 0.15) is 18.1 Å². The van der Waals surface area contributed by atoms with Gasteiger partial charge in [0.1, 0.15) is 28.6 Å². The van der Waals surface area contributed by atoms with Crippen LogP contribution in [0.2, 0.25) is 0 Å². The second kappa shape index (κ2) is 7.95. The molecule has 0 aliphatic carbocycles. The second-order valence-electron chi connectivity index (χ2n) is 8.52. The lowest BCUT2D eigenvalue weighted by Crippen LogP contribution is -2.44. The highest BCUT2D eigenvalue weighted by molar-refractivity contribution is 6.36. The van der Waals surface area contributed by atoms with Crippen LogP contribution in [0.15, 0.2) is 78.0 Å². The number of anilines is 2. The zero-order chi connectivity index (χ0) is 24.0. The highest BCUT2D eigenvalue weighted by atomic mass is 16.5. The normalized spacial score (nSPS) is 21.4. The summed E-state index contributed by atoms with van der Waals surface area (Å²) >= 11 is 0. The molecule has 3 aromatic carbocycles. The van der Waals surface area contributed by atoms with E-state index in [-0.39, 0.29) is 17.4 Å². The number of carbonyl (C=O) groups is 1. The number of rotatable bonds is 4. The van der Waals surface area contributed by atoms with Crippen molar-refractivity contribution < 1.29 is 19.4 Å². The second-order valence-corrected chi connectivity index (χ2v) is 8.52. The topological polar surface area (TPSA) is 94.9 Å². The Morgan fingerprint density at radius 1 is 1.00 bits per heavy atom. The van der Waals surface area contributed by atoms with Gasteiger partial charge < -0.3 is 24.8 Å². The molecule has 1 atom stereocenters. The molecule has 3 N–H and O–H groups in total. The summed E-state index contributed by atoms with van der Waals surface area (Å²) in [5.41, 5.74) is 2.91. The maximum absolute atomic E-state index is 14.2. The van der Waals surface area contributed by atoms with Gasteiger partial charge in [0, 0.05) is 36.0 Å². The lowest BCUT2D eigenvalue weighted by atomic mass is 9.86. The quantitative estimate of drug-likeness (QED) is 0.497. The molecule has 7 nitrogen and oxygen atoms in total. The number of aromatic hydroxyl groups is 1. The van der Waals surface area contributed by atoms with Gasteiger partial charge in [-0.3, -0.25) is 10.2 Å². The number of benzene rings is 3. The SMILES string of the molecule is COc1cc(OC)cc(N2C(=N)C(=C3Cc4ccccc4N3)C(=O)C2(C)c2cccc(O)c2)c1. The van der Waals surface area contributed by atoms with Crippen LogP contribution in [0.4, 0.5) is 11.4 Å². The minimum Gasteiger partial charge on any atom is -0.508 e. The van der Waals surface area contributed by atoms with E-state index in [1.807, 2.05) is 24.3 Å².